The Morgan fingerprint density at radius 3 is 2.58 bits per heavy atom. The van der Waals surface area contributed by atoms with Gasteiger partial charge in [-0.3, -0.25) is 9.69 Å². The number of carbonyl (C=O) groups excluding carboxylic acids is 1. The lowest BCUT2D eigenvalue weighted by Crippen LogP contribution is -2.69. The first-order valence-electron chi connectivity index (χ1n) is 9.17. The molecular formula is C20H25FN2O. The highest BCUT2D eigenvalue weighted by Crippen LogP contribution is 2.46. The molecule has 4 heteroatoms. The molecule has 2 saturated heterocycles. The number of ketones is 1. The lowest BCUT2D eigenvalue weighted by molar-refractivity contribution is -0.140. The van der Waals surface area contributed by atoms with Crippen LogP contribution < -0.4 is 0 Å². The van der Waals surface area contributed by atoms with E-state index in [9.17, 15) is 9.18 Å². The molecule has 1 spiro atoms. The van der Waals surface area contributed by atoms with E-state index >= 15 is 0 Å². The van der Waals surface area contributed by atoms with E-state index in [1.165, 1.54) is 31.4 Å². The van der Waals surface area contributed by atoms with E-state index in [2.05, 4.69) is 16.7 Å². The van der Waals surface area contributed by atoms with Gasteiger partial charge in [0.2, 0.25) is 0 Å². The van der Waals surface area contributed by atoms with Crippen molar-refractivity contribution < 1.29 is 9.18 Å². The molecule has 0 saturated carbocycles. The molecule has 2 fully saturated rings. The first-order valence-corrected chi connectivity index (χ1v) is 9.17. The van der Waals surface area contributed by atoms with E-state index in [0.29, 0.717) is 0 Å². The van der Waals surface area contributed by atoms with Crippen molar-refractivity contribution in [1.82, 2.24) is 9.80 Å². The summed E-state index contributed by atoms with van der Waals surface area (Å²) in [5.74, 6) is -0.0428. The second-order valence-electron chi connectivity index (χ2n) is 7.34. The number of allylic oxidation sites excluding steroid dienone is 1. The highest BCUT2D eigenvalue weighted by Gasteiger charge is 2.53. The van der Waals surface area contributed by atoms with Crippen molar-refractivity contribution in [3.05, 3.63) is 41.7 Å². The Morgan fingerprint density at radius 2 is 1.79 bits per heavy atom. The van der Waals surface area contributed by atoms with Crippen LogP contribution in [0.4, 0.5) is 4.39 Å². The summed E-state index contributed by atoms with van der Waals surface area (Å²) in [6.45, 7) is 5.21. The van der Waals surface area contributed by atoms with Gasteiger partial charge in [-0.25, -0.2) is 4.39 Å². The van der Waals surface area contributed by atoms with E-state index in [4.69, 9.17) is 0 Å². The SMILES string of the molecule is C[C@@H]1C(=O)C=C(c2ccc(F)cc2)N2CCCN3CCCCCC132. The van der Waals surface area contributed by atoms with Gasteiger partial charge in [0, 0.05) is 31.4 Å². The van der Waals surface area contributed by atoms with Crippen molar-refractivity contribution in [1.29, 1.82) is 0 Å². The number of carbonyl (C=O) groups is 1. The van der Waals surface area contributed by atoms with Gasteiger partial charge in [-0.05, 0) is 55.5 Å². The molecule has 1 aromatic rings. The van der Waals surface area contributed by atoms with Gasteiger partial charge in [-0.2, -0.15) is 0 Å². The molecule has 128 valence electrons. The maximum atomic E-state index is 13.3. The minimum Gasteiger partial charge on any atom is -0.352 e. The van der Waals surface area contributed by atoms with Crippen molar-refractivity contribution in [3.63, 3.8) is 0 Å². The number of hydrogen-bond donors (Lipinski definition) is 0. The highest BCUT2D eigenvalue weighted by molar-refractivity contribution is 6.00. The summed E-state index contributed by atoms with van der Waals surface area (Å²) in [7, 11) is 0. The van der Waals surface area contributed by atoms with Crippen LogP contribution in [0.1, 0.15) is 44.6 Å². The minimum atomic E-state index is -0.237. The third-order valence-corrected chi connectivity index (χ3v) is 6.13. The summed E-state index contributed by atoms with van der Waals surface area (Å²) in [5.41, 5.74) is 1.73. The zero-order valence-corrected chi connectivity index (χ0v) is 14.3. The molecule has 0 N–H and O–H groups in total. The Labute approximate surface area is 143 Å². The standard InChI is InChI=1S/C20H25FN2O/c1-15-19(24)14-18(16-6-8-17(21)9-7-16)23-13-5-12-22-11-4-2-3-10-20(15,22)23/h6-9,14-15H,2-5,10-13H2,1H3/t15-,20?/m1/s1. The minimum absolute atomic E-state index is 0.0138. The quantitative estimate of drug-likeness (QED) is 0.786. The second kappa shape index (κ2) is 5.99. The van der Waals surface area contributed by atoms with Gasteiger partial charge in [-0.15, -0.1) is 0 Å². The fraction of sp³-hybridized carbons (Fsp3) is 0.550. The summed E-state index contributed by atoms with van der Waals surface area (Å²) in [6, 6.07) is 6.57. The molecule has 0 radical (unpaired) electrons. The molecule has 1 unspecified atom stereocenters. The highest BCUT2D eigenvalue weighted by atomic mass is 19.1. The van der Waals surface area contributed by atoms with Crippen molar-refractivity contribution in [2.45, 2.75) is 44.7 Å². The molecule has 0 aromatic heterocycles. The van der Waals surface area contributed by atoms with Crippen LogP contribution >= 0.6 is 0 Å². The fourth-order valence-electron chi connectivity index (χ4n) is 4.92. The van der Waals surface area contributed by atoms with Crippen LogP contribution in [-0.4, -0.2) is 40.9 Å². The molecule has 0 amide bonds. The van der Waals surface area contributed by atoms with Crippen LogP contribution in [0, 0.1) is 11.7 Å². The monoisotopic (exact) mass is 328 g/mol. The number of benzene rings is 1. The van der Waals surface area contributed by atoms with Gasteiger partial charge in [0.25, 0.3) is 0 Å². The Hall–Kier alpha value is -1.68. The summed E-state index contributed by atoms with van der Waals surface area (Å²) in [4.78, 5) is 17.9. The average Bonchev–Trinajstić information content (AvgIpc) is 2.81. The number of nitrogens with zero attached hydrogens (tertiary/aromatic N) is 2. The molecule has 3 heterocycles. The van der Waals surface area contributed by atoms with Crippen LogP contribution in [0.3, 0.4) is 0 Å². The third kappa shape index (κ3) is 2.31. The summed E-state index contributed by atoms with van der Waals surface area (Å²) in [6.07, 6.45) is 7.56. The van der Waals surface area contributed by atoms with Gasteiger partial charge >= 0.3 is 0 Å². The first-order chi connectivity index (χ1) is 11.6. The summed E-state index contributed by atoms with van der Waals surface area (Å²) in [5, 5.41) is 0. The zero-order valence-electron chi connectivity index (χ0n) is 14.3. The predicted molar refractivity (Wildman–Crippen MR) is 92.6 cm³/mol. The maximum Gasteiger partial charge on any atom is 0.164 e. The van der Waals surface area contributed by atoms with E-state index in [1.807, 2.05) is 0 Å². The topological polar surface area (TPSA) is 23.6 Å². The van der Waals surface area contributed by atoms with Gasteiger partial charge < -0.3 is 4.90 Å². The fourth-order valence-corrected chi connectivity index (χ4v) is 4.92. The maximum absolute atomic E-state index is 13.3. The first kappa shape index (κ1) is 15.8. The average molecular weight is 328 g/mol. The smallest absolute Gasteiger partial charge is 0.164 e. The van der Waals surface area contributed by atoms with Crippen molar-refractivity contribution in [2.24, 2.45) is 5.92 Å². The Balaban J connectivity index is 1.83. The van der Waals surface area contributed by atoms with Crippen LogP contribution in [0.2, 0.25) is 0 Å². The van der Waals surface area contributed by atoms with Gasteiger partial charge in [0.05, 0.1) is 5.92 Å². The molecule has 24 heavy (non-hydrogen) atoms. The van der Waals surface area contributed by atoms with Crippen molar-refractivity contribution in [2.75, 3.05) is 19.6 Å². The lowest BCUT2D eigenvalue weighted by Gasteiger charge is -2.59. The van der Waals surface area contributed by atoms with Crippen LogP contribution in [0.25, 0.3) is 5.70 Å². The predicted octanol–water partition coefficient (Wildman–Crippen LogP) is 3.66. The molecule has 3 aliphatic heterocycles. The third-order valence-electron chi connectivity index (χ3n) is 6.13. The lowest BCUT2D eigenvalue weighted by atomic mass is 9.78. The van der Waals surface area contributed by atoms with Gasteiger partial charge in [0.15, 0.2) is 5.78 Å². The van der Waals surface area contributed by atoms with E-state index < -0.39 is 0 Å². The molecule has 3 nitrogen and oxygen atoms in total. The molecule has 0 aliphatic carbocycles. The molecular weight excluding hydrogens is 303 g/mol. The number of rotatable bonds is 1. The van der Waals surface area contributed by atoms with E-state index in [-0.39, 0.29) is 23.2 Å². The van der Waals surface area contributed by atoms with Gasteiger partial charge in [-0.1, -0.05) is 13.3 Å². The Kier molecular flexibility index (Phi) is 3.95. The van der Waals surface area contributed by atoms with Crippen LogP contribution in [0.5, 0.6) is 0 Å². The van der Waals surface area contributed by atoms with Crippen LogP contribution in [-0.2, 0) is 4.79 Å². The number of halogens is 1. The molecule has 0 bridgehead atoms. The molecule has 2 atom stereocenters. The number of hydrogen-bond acceptors (Lipinski definition) is 3. The van der Waals surface area contributed by atoms with Crippen LogP contribution in [0.15, 0.2) is 30.3 Å². The van der Waals surface area contributed by atoms with Crippen molar-refractivity contribution in [3.8, 4) is 0 Å². The Bertz CT molecular complexity index is 669. The molecule has 3 aliphatic rings. The van der Waals surface area contributed by atoms with Crippen molar-refractivity contribution >= 4 is 11.5 Å². The summed E-state index contributed by atoms with van der Waals surface area (Å²) >= 11 is 0. The van der Waals surface area contributed by atoms with Gasteiger partial charge in [0.1, 0.15) is 11.5 Å². The van der Waals surface area contributed by atoms with E-state index in [1.54, 1.807) is 18.2 Å². The molecule has 4 rings (SSSR count). The molecule has 1 aromatic carbocycles. The normalized spacial score (nSPS) is 31.1. The second-order valence-corrected chi connectivity index (χ2v) is 7.34. The Morgan fingerprint density at radius 1 is 1.04 bits per heavy atom. The largest absolute Gasteiger partial charge is 0.352 e. The zero-order chi connectivity index (χ0) is 16.7. The summed E-state index contributed by atoms with van der Waals surface area (Å²) < 4.78 is 13.3. The van der Waals surface area contributed by atoms with E-state index in [0.717, 1.165) is 43.7 Å².